The minimum Gasteiger partial charge on any atom is -0.351 e. The van der Waals surface area contributed by atoms with E-state index in [4.69, 9.17) is 5.26 Å². The summed E-state index contributed by atoms with van der Waals surface area (Å²) in [5.74, 6) is 2.61. The second-order valence-electron chi connectivity index (χ2n) is 4.29. The van der Waals surface area contributed by atoms with Crippen molar-refractivity contribution >= 4 is 17.7 Å². The molecule has 0 aromatic rings. The molecule has 1 amide bonds. The highest BCUT2D eigenvalue weighted by atomic mass is 32.2. The van der Waals surface area contributed by atoms with Gasteiger partial charge in [0.15, 0.2) is 0 Å². The van der Waals surface area contributed by atoms with Gasteiger partial charge in [-0.05, 0) is 24.5 Å². The molecular weight excluding hydrogens is 196 g/mol. The van der Waals surface area contributed by atoms with E-state index in [9.17, 15) is 4.79 Å². The van der Waals surface area contributed by atoms with Crippen molar-refractivity contribution in [2.45, 2.75) is 25.8 Å². The highest BCUT2D eigenvalue weighted by Gasteiger charge is 2.51. The Kier molecular flexibility index (Phi) is 2.44. The first-order valence-electron chi connectivity index (χ1n) is 4.98. The van der Waals surface area contributed by atoms with Crippen LogP contribution < -0.4 is 5.32 Å². The Bertz CT molecular complexity index is 293. The third-order valence-electron chi connectivity index (χ3n) is 3.08. The number of carbonyl (C=O) groups is 1. The Morgan fingerprint density at radius 2 is 2.29 bits per heavy atom. The lowest BCUT2D eigenvalue weighted by Gasteiger charge is -2.17. The topological polar surface area (TPSA) is 52.9 Å². The van der Waals surface area contributed by atoms with Crippen LogP contribution in [0.1, 0.15) is 19.8 Å². The smallest absolute Gasteiger partial charge is 0.240 e. The SMILES string of the molecule is CC1CSCC1NC(=O)C1(C#N)CC1. The highest BCUT2D eigenvalue weighted by molar-refractivity contribution is 7.99. The number of nitrogens with one attached hydrogen (secondary N) is 1. The molecule has 1 aliphatic heterocycles. The van der Waals surface area contributed by atoms with Crippen LogP contribution in [0.4, 0.5) is 0 Å². The summed E-state index contributed by atoms with van der Waals surface area (Å²) in [6.45, 7) is 2.15. The van der Waals surface area contributed by atoms with Crippen molar-refractivity contribution < 1.29 is 4.79 Å². The monoisotopic (exact) mass is 210 g/mol. The third kappa shape index (κ3) is 1.61. The highest BCUT2D eigenvalue weighted by Crippen LogP contribution is 2.45. The van der Waals surface area contributed by atoms with Gasteiger partial charge < -0.3 is 5.32 Å². The van der Waals surface area contributed by atoms with Crippen molar-refractivity contribution in [1.82, 2.24) is 5.32 Å². The third-order valence-corrected chi connectivity index (χ3v) is 4.44. The molecule has 14 heavy (non-hydrogen) atoms. The maximum atomic E-state index is 11.7. The molecule has 1 saturated heterocycles. The number of nitrogens with zero attached hydrogens (tertiary/aromatic N) is 1. The van der Waals surface area contributed by atoms with Crippen LogP contribution in [-0.2, 0) is 4.79 Å². The van der Waals surface area contributed by atoms with Gasteiger partial charge in [0, 0.05) is 11.8 Å². The predicted molar refractivity (Wildman–Crippen MR) is 55.7 cm³/mol. The fourth-order valence-corrected chi connectivity index (χ4v) is 3.07. The number of amides is 1. The zero-order chi connectivity index (χ0) is 10.2. The summed E-state index contributed by atoms with van der Waals surface area (Å²) >= 11 is 1.87. The molecular formula is C10H14N2OS. The molecule has 1 aliphatic carbocycles. The molecule has 0 bridgehead atoms. The van der Waals surface area contributed by atoms with Crippen LogP contribution >= 0.6 is 11.8 Å². The van der Waals surface area contributed by atoms with Crippen molar-refractivity contribution in [3.8, 4) is 6.07 Å². The molecule has 2 unspecified atom stereocenters. The van der Waals surface area contributed by atoms with Crippen LogP contribution in [0.2, 0.25) is 0 Å². The van der Waals surface area contributed by atoms with E-state index in [0.717, 1.165) is 24.3 Å². The molecule has 2 atom stereocenters. The quantitative estimate of drug-likeness (QED) is 0.744. The van der Waals surface area contributed by atoms with Gasteiger partial charge in [-0.2, -0.15) is 17.0 Å². The van der Waals surface area contributed by atoms with Gasteiger partial charge in [0.1, 0.15) is 5.41 Å². The Morgan fingerprint density at radius 3 is 2.71 bits per heavy atom. The minimum atomic E-state index is -0.660. The van der Waals surface area contributed by atoms with E-state index in [1.165, 1.54) is 0 Å². The molecule has 1 N–H and O–H groups in total. The summed E-state index contributed by atoms with van der Waals surface area (Å²) in [4.78, 5) is 11.7. The summed E-state index contributed by atoms with van der Waals surface area (Å²) in [7, 11) is 0. The number of hydrogen-bond acceptors (Lipinski definition) is 3. The molecule has 0 aromatic heterocycles. The Balaban J connectivity index is 1.92. The van der Waals surface area contributed by atoms with E-state index >= 15 is 0 Å². The average Bonchev–Trinajstić information content (AvgIpc) is 2.89. The first kappa shape index (κ1) is 9.85. The number of carbonyl (C=O) groups excluding carboxylic acids is 1. The first-order valence-corrected chi connectivity index (χ1v) is 6.13. The molecule has 4 heteroatoms. The van der Waals surface area contributed by atoms with Gasteiger partial charge in [-0.15, -0.1) is 0 Å². The van der Waals surface area contributed by atoms with Crippen LogP contribution in [0.5, 0.6) is 0 Å². The predicted octanol–water partition coefficient (Wildman–Crippen LogP) is 1.16. The first-order chi connectivity index (χ1) is 6.68. The van der Waals surface area contributed by atoms with Crippen molar-refractivity contribution in [2.24, 2.45) is 11.3 Å². The summed E-state index contributed by atoms with van der Waals surface area (Å²) in [6.07, 6.45) is 1.48. The summed E-state index contributed by atoms with van der Waals surface area (Å²) in [5.41, 5.74) is -0.660. The molecule has 76 valence electrons. The standard InChI is InChI=1S/C10H14N2OS/c1-7-4-14-5-8(7)12-9(13)10(6-11)2-3-10/h7-8H,2-5H2,1H3,(H,12,13). The van der Waals surface area contributed by atoms with Crippen LogP contribution in [-0.4, -0.2) is 23.5 Å². The Labute approximate surface area is 88.2 Å². The van der Waals surface area contributed by atoms with Crippen LogP contribution in [0, 0.1) is 22.7 Å². The van der Waals surface area contributed by atoms with Gasteiger partial charge in [0.05, 0.1) is 6.07 Å². The van der Waals surface area contributed by atoms with Crippen molar-refractivity contribution in [3.63, 3.8) is 0 Å². The minimum absolute atomic E-state index is 0.0423. The molecule has 0 aromatic carbocycles. The summed E-state index contributed by atoms with van der Waals surface area (Å²) in [5, 5.41) is 11.9. The van der Waals surface area contributed by atoms with E-state index in [1.807, 2.05) is 11.8 Å². The van der Waals surface area contributed by atoms with E-state index < -0.39 is 5.41 Å². The zero-order valence-electron chi connectivity index (χ0n) is 8.25. The molecule has 0 radical (unpaired) electrons. The maximum absolute atomic E-state index is 11.7. The molecule has 2 aliphatic rings. The number of nitriles is 1. The molecule has 2 rings (SSSR count). The summed E-state index contributed by atoms with van der Waals surface area (Å²) < 4.78 is 0. The van der Waals surface area contributed by atoms with Crippen molar-refractivity contribution in [2.75, 3.05) is 11.5 Å². The van der Waals surface area contributed by atoms with Crippen molar-refractivity contribution in [3.05, 3.63) is 0 Å². The largest absolute Gasteiger partial charge is 0.351 e. The molecule has 1 heterocycles. The fraction of sp³-hybridized carbons (Fsp3) is 0.800. The van der Waals surface area contributed by atoms with E-state index in [1.54, 1.807) is 0 Å². The van der Waals surface area contributed by atoms with Gasteiger partial charge in [-0.1, -0.05) is 6.92 Å². The molecule has 2 fully saturated rings. The number of thioether (sulfide) groups is 1. The van der Waals surface area contributed by atoms with Gasteiger partial charge >= 0.3 is 0 Å². The second-order valence-corrected chi connectivity index (χ2v) is 5.36. The second kappa shape index (κ2) is 3.47. The lowest BCUT2D eigenvalue weighted by molar-refractivity contribution is -0.125. The lowest BCUT2D eigenvalue weighted by Crippen LogP contribution is -2.42. The van der Waals surface area contributed by atoms with Crippen LogP contribution in [0.25, 0.3) is 0 Å². The molecule has 0 spiro atoms. The van der Waals surface area contributed by atoms with Gasteiger partial charge in [-0.25, -0.2) is 0 Å². The lowest BCUT2D eigenvalue weighted by atomic mass is 10.0. The zero-order valence-corrected chi connectivity index (χ0v) is 9.06. The fourth-order valence-electron chi connectivity index (χ4n) is 1.67. The Morgan fingerprint density at radius 1 is 1.57 bits per heavy atom. The summed E-state index contributed by atoms with van der Waals surface area (Å²) in [6, 6.07) is 2.40. The Hall–Kier alpha value is -0.690. The molecule has 1 saturated carbocycles. The van der Waals surface area contributed by atoms with Crippen LogP contribution in [0.15, 0.2) is 0 Å². The van der Waals surface area contributed by atoms with Gasteiger partial charge in [0.2, 0.25) is 5.91 Å². The van der Waals surface area contributed by atoms with Crippen molar-refractivity contribution in [1.29, 1.82) is 5.26 Å². The normalized spacial score (nSPS) is 33.4. The van der Waals surface area contributed by atoms with Gasteiger partial charge in [0.25, 0.3) is 0 Å². The van der Waals surface area contributed by atoms with Crippen LogP contribution in [0.3, 0.4) is 0 Å². The number of rotatable bonds is 2. The van der Waals surface area contributed by atoms with E-state index in [2.05, 4.69) is 18.3 Å². The van der Waals surface area contributed by atoms with Gasteiger partial charge in [-0.3, -0.25) is 4.79 Å². The molecule has 3 nitrogen and oxygen atoms in total. The number of hydrogen-bond donors (Lipinski definition) is 1. The average molecular weight is 210 g/mol. The maximum Gasteiger partial charge on any atom is 0.240 e. The van der Waals surface area contributed by atoms with E-state index in [0.29, 0.717) is 5.92 Å². The van der Waals surface area contributed by atoms with E-state index in [-0.39, 0.29) is 11.9 Å².